The maximum absolute atomic E-state index is 13.2. The minimum Gasteiger partial charge on any atom is -0.273 e. The molecule has 0 aliphatic carbocycles. The Bertz CT molecular complexity index is 1050. The topological polar surface area (TPSA) is 63.2 Å². The molecule has 28 heavy (non-hydrogen) atoms. The van der Waals surface area contributed by atoms with Gasteiger partial charge in [0.2, 0.25) is 5.91 Å². The Kier molecular flexibility index (Phi) is 6.11. The molecule has 0 heterocycles. The average molecular weight is 418 g/mol. The third-order valence-electron chi connectivity index (χ3n) is 4.23. The Morgan fingerprint density at radius 1 is 0.929 bits per heavy atom. The molecule has 0 aliphatic heterocycles. The van der Waals surface area contributed by atoms with Gasteiger partial charge in [0.1, 0.15) is 5.82 Å². The van der Waals surface area contributed by atoms with Gasteiger partial charge in [-0.2, -0.15) is 0 Å². The van der Waals surface area contributed by atoms with Crippen LogP contribution in [0.2, 0.25) is 5.02 Å². The van der Waals surface area contributed by atoms with Gasteiger partial charge < -0.3 is 0 Å². The maximum Gasteiger partial charge on any atom is 0.264 e. The van der Waals surface area contributed by atoms with Crippen molar-refractivity contribution in [1.82, 2.24) is 4.72 Å². The predicted molar refractivity (Wildman–Crippen MR) is 106 cm³/mol. The molecule has 0 spiro atoms. The molecule has 0 saturated carbocycles. The van der Waals surface area contributed by atoms with Gasteiger partial charge in [0, 0.05) is 5.02 Å². The molecule has 0 saturated heterocycles. The lowest BCUT2D eigenvalue weighted by Gasteiger charge is -2.18. The Labute approximate surface area is 168 Å². The van der Waals surface area contributed by atoms with Gasteiger partial charge in [0.15, 0.2) is 0 Å². The Balaban J connectivity index is 1.88. The minimum atomic E-state index is -4.05. The Morgan fingerprint density at radius 3 is 2.14 bits per heavy atom. The van der Waals surface area contributed by atoms with Gasteiger partial charge in [0.05, 0.1) is 10.8 Å². The molecule has 0 aromatic heterocycles. The van der Waals surface area contributed by atoms with Crippen LogP contribution in [0, 0.1) is 5.82 Å². The number of nitrogens with one attached hydrogen (secondary N) is 1. The van der Waals surface area contributed by atoms with Crippen LogP contribution in [-0.4, -0.2) is 14.3 Å². The summed E-state index contributed by atoms with van der Waals surface area (Å²) in [6.07, 6.45) is 0.228. The van der Waals surface area contributed by atoms with E-state index in [0.717, 1.165) is 0 Å². The van der Waals surface area contributed by atoms with Gasteiger partial charge >= 0.3 is 0 Å². The molecule has 144 valence electrons. The fraction of sp³-hybridized carbons (Fsp3) is 0.0952. The molecule has 1 atom stereocenters. The molecule has 0 bridgehead atoms. The van der Waals surface area contributed by atoms with Crippen molar-refractivity contribution in [2.75, 3.05) is 0 Å². The molecule has 1 unspecified atom stereocenters. The zero-order valence-electron chi connectivity index (χ0n) is 14.7. The van der Waals surface area contributed by atoms with Gasteiger partial charge in [-0.25, -0.2) is 17.5 Å². The van der Waals surface area contributed by atoms with Crippen LogP contribution in [0.25, 0.3) is 0 Å². The second kappa shape index (κ2) is 8.54. The lowest BCUT2D eigenvalue weighted by atomic mass is 9.91. The standard InChI is InChI=1S/C21H17ClFNO3S/c22-17-8-12-19(13-9-17)28(26,27)24-21(25)20(16-4-2-1-3-5-16)14-15-6-10-18(23)11-7-15/h1-13,20H,14H2,(H,24,25). The first kappa shape index (κ1) is 20.0. The van der Waals surface area contributed by atoms with Crippen LogP contribution in [-0.2, 0) is 21.2 Å². The van der Waals surface area contributed by atoms with Crippen molar-refractivity contribution in [2.24, 2.45) is 0 Å². The van der Waals surface area contributed by atoms with E-state index < -0.39 is 21.8 Å². The summed E-state index contributed by atoms with van der Waals surface area (Å²) < 4.78 is 40.4. The first-order chi connectivity index (χ1) is 13.3. The van der Waals surface area contributed by atoms with Crippen molar-refractivity contribution in [2.45, 2.75) is 17.2 Å². The van der Waals surface area contributed by atoms with Crippen LogP contribution < -0.4 is 4.72 Å². The molecule has 3 aromatic carbocycles. The smallest absolute Gasteiger partial charge is 0.264 e. The van der Waals surface area contributed by atoms with Gasteiger partial charge in [-0.05, 0) is 53.9 Å². The summed E-state index contributed by atoms with van der Waals surface area (Å²) in [6, 6.07) is 20.2. The Hall–Kier alpha value is -2.70. The van der Waals surface area contributed by atoms with Crippen molar-refractivity contribution in [3.63, 3.8) is 0 Å². The van der Waals surface area contributed by atoms with Crippen molar-refractivity contribution in [3.8, 4) is 0 Å². The second-order valence-electron chi connectivity index (χ2n) is 6.22. The normalized spacial score (nSPS) is 12.4. The quantitative estimate of drug-likeness (QED) is 0.650. The van der Waals surface area contributed by atoms with Crippen LogP contribution in [0.4, 0.5) is 4.39 Å². The average Bonchev–Trinajstić information content (AvgIpc) is 2.68. The SMILES string of the molecule is O=C(NS(=O)(=O)c1ccc(Cl)cc1)C(Cc1ccc(F)cc1)c1ccccc1. The van der Waals surface area contributed by atoms with E-state index >= 15 is 0 Å². The number of amides is 1. The van der Waals surface area contributed by atoms with E-state index in [9.17, 15) is 17.6 Å². The third kappa shape index (κ3) is 4.97. The van der Waals surface area contributed by atoms with Gasteiger partial charge in [0.25, 0.3) is 10.0 Å². The summed E-state index contributed by atoms with van der Waals surface area (Å²) in [6.45, 7) is 0. The lowest BCUT2D eigenvalue weighted by Crippen LogP contribution is -2.35. The highest BCUT2D eigenvalue weighted by Crippen LogP contribution is 2.23. The highest BCUT2D eigenvalue weighted by molar-refractivity contribution is 7.90. The number of hydrogen-bond donors (Lipinski definition) is 1. The fourth-order valence-corrected chi connectivity index (χ4v) is 3.93. The van der Waals surface area contributed by atoms with E-state index in [1.165, 1.54) is 36.4 Å². The van der Waals surface area contributed by atoms with Crippen LogP contribution in [0.15, 0.2) is 83.8 Å². The molecule has 1 amide bonds. The summed E-state index contributed by atoms with van der Waals surface area (Å²) in [7, 11) is -4.05. The monoisotopic (exact) mass is 417 g/mol. The van der Waals surface area contributed by atoms with E-state index in [1.807, 2.05) is 0 Å². The number of benzene rings is 3. The molecule has 3 aromatic rings. The summed E-state index contributed by atoms with van der Waals surface area (Å²) in [5.41, 5.74) is 1.38. The van der Waals surface area contributed by atoms with Gasteiger partial charge in [-0.3, -0.25) is 4.79 Å². The Morgan fingerprint density at radius 2 is 1.54 bits per heavy atom. The van der Waals surface area contributed by atoms with Crippen LogP contribution in [0.1, 0.15) is 17.0 Å². The number of carbonyl (C=O) groups is 1. The lowest BCUT2D eigenvalue weighted by molar-refractivity contribution is -0.120. The number of sulfonamides is 1. The summed E-state index contributed by atoms with van der Waals surface area (Å²) in [5.74, 6) is -1.80. The first-order valence-electron chi connectivity index (χ1n) is 8.47. The number of halogens is 2. The molecule has 4 nitrogen and oxygen atoms in total. The largest absolute Gasteiger partial charge is 0.273 e. The van der Waals surface area contributed by atoms with Crippen molar-refractivity contribution >= 4 is 27.5 Å². The summed E-state index contributed by atoms with van der Waals surface area (Å²) in [4.78, 5) is 12.8. The molecule has 1 N–H and O–H groups in total. The zero-order valence-corrected chi connectivity index (χ0v) is 16.3. The molecule has 3 rings (SSSR count). The van der Waals surface area contributed by atoms with Crippen LogP contribution in [0.5, 0.6) is 0 Å². The van der Waals surface area contributed by atoms with E-state index in [0.29, 0.717) is 16.1 Å². The predicted octanol–water partition coefficient (Wildman–Crippen LogP) is 4.31. The molecular formula is C21H17ClFNO3S. The molecule has 7 heteroatoms. The van der Waals surface area contributed by atoms with Crippen molar-refractivity contribution in [1.29, 1.82) is 0 Å². The second-order valence-corrected chi connectivity index (χ2v) is 8.34. The highest BCUT2D eigenvalue weighted by atomic mass is 35.5. The molecular weight excluding hydrogens is 401 g/mol. The summed E-state index contributed by atoms with van der Waals surface area (Å²) in [5, 5.41) is 0.392. The van der Waals surface area contributed by atoms with E-state index in [-0.39, 0.29) is 17.1 Å². The molecule has 0 fully saturated rings. The zero-order chi connectivity index (χ0) is 20.1. The number of carbonyl (C=O) groups excluding carboxylic acids is 1. The van der Waals surface area contributed by atoms with E-state index in [2.05, 4.69) is 4.72 Å². The fourth-order valence-electron chi connectivity index (χ4n) is 2.78. The first-order valence-corrected chi connectivity index (χ1v) is 10.3. The van der Waals surface area contributed by atoms with Gasteiger partial charge in [-0.1, -0.05) is 54.1 Å². The maximum atomic E-state index is 13.2. The number of hydrogen-bond acceptors (Lipinski definition) is 3. The van der Waals surface area contributed by atoms with Crippen LogP contribution >= 0.6 is 11.6 Å². The molecule has 0 radical (unpaired) electrons. The van der Waals surface area contributed by atoms with Crippen LogP contribution in [0.3, 0.4) is 0 Å². The van der Waals surface area contributed by atoms with Crippen molar-refractivity contribution < 1.29 is 17.6 Å². The van der Waals surface area contributed by atoms with Crippen molar-refractivity contribution in [3.05, 3.63) is 101 Å². The van der Waals surface area contributed by atoms with E-state index in [4.69, 9.17) is 11.6 Å². The third-order valence-corrected chi connectivity index (χ3v) is 5.85. The van der Waals surface area contributed by atoms with E-state index in [1.54, 1.807) is 42.5 Å². The summed E-state index contributed by atoms with van der Waals surface area (Å²) >= 11 is 5.79. The minimum absolute atomic E-state index is 0.0566. The number of rotatable bonds is 6. The van der Waals surface area contributed by atoms with Gasteiger partial charge in [-0.15, -0.1) is 0 Å². The highest BCUT2D eigenvalue weighted by Gasteiger charge is 2.26. The molecule has 0 aliphatic rings.